The normalized spacial score (nSPS) is 10.6. The summed E-state index contributed by atoms with van der Waals surface area (Å²) in [5.74, 6) is 0.784. The van der Waals surface area contributed by atoms with Crippen molar-refractivity contribution in [1.82, 2.24) is 5.32 Å². The van der Waals surface area contributed by atoms with Crippen LogP contribution in [0.1, 0.15) is 45.1 Å². The zero-order chi connectivity index (χ0) is 13.2. The summed E-state index contributed by atoms with van der Waals surface area (Å²) in [6.07, 6.45) is 5.11. The summed E-state index contributed by atoms with van der Waals surface area (Å²) in [6.45, 7) is 6.58. The maximum Gasteiger partial charge on any atom is 0.161 e. The second kappa shape index (κ2) is 8.81. The fourth-order valence-corrected chi connectivity index (χ4v) is 1.85. The highest BCUT2D eigenvalue weighted by Gasteiger charge is 2.02. The summed E-state index contributed by atoms with van der Waals surface area (Å²) in [5, 5.41) is 13.0. The lowest BCUT2D eigenvalue weighted by Crippen LogP contribution is -2.14. The van der Waals surface area contributed by atoms with Gasteiger partial charge in [-0.1, -0.05) is 32.3 Å². The van der Waals surface area contributed by atoms with Crippen LogP contribution in [0, 0.1) is 0 Å². The van der Waals surface area contributed by atoms with Crippen LogP contribution in [0.4, 0.5) is 0 Å². The predicted octanol–water partition coefficient (Wildman–Crippen LogP) is 3.46. The topological polar surface area (TPSA) is 41.5 Å². The van der Waals surface area contributed by atoms with E-state index in [0.717, 1.165) is 18.7 Å². The van der Waals surface area contributed by atoms with Crippen molar-refractivity contribution < 1.29 is 9.84 Å². The van der Waals surface area contributed by atoms with Gasteiger partial charge in [0.15, 0.2) is 11.5 Å². The minimum Gasteiger partial charge on any atom is -0.504 e. The molecule has 18 heavy (non-hydrogen) atoms. The predicted molar refractivity (Wildman–Crippen MR) is 75.1 cm³/mol. The van der Waals surface area contributed by atoms with Crippen molar-refractivity contribution in [3.05, 3.63) is 23.8 Å². The second-order valence-electron chi connectivity index (χ2n) is 4.47. The fraction of sp³-hybridized carbons (Fsp3) is 0.600. The van der Waals surface area contributed by atoms with E-state index in [4.69, 9.17) is 4.74 Å². The van der Waals surface area contributed by atoms with E-state index in [-0.39, 0.29) is 5.75 Å². The number of aromatic hydroxyl groups is 1. The van der Waals surface area contributed by atoms with Gasteiger partial charge in [0.05, 0.1) is 6.61 Å². The molecule has 0 fully saturated rings. The van der Waals surface area contributed by atoms with Gasteiger partial charge in [0.1, 0.15) is 0 Å². The molecule has 1 rings (SSSR count). The van der Waals surface area contributed by atoms with E-state index in [1.165, 1.54) is 25.7 Å². The van der Waals surface area contributed by atoms with Gasteiger partial charge in [-0.2, -0.15) is 0 Å². The van der Waals surface area contributed by atoms with E-state index in [1.807, 2.05) is 19.1 Å². The molecular formula is C15H25NO2. The Morgan fingerprint density at radius 3 is 2.72 bits per heavy atom. The molecule has 3 heteroatoms. The number of phenolic OH excluding ortho intramolecular Hbond substituents is 1. The van der Waals surface area contributed by atoms with Crippen LogP contribution in [0.2, 0.25) is 0 Å². The van der Waals surface area contributed by atoms with Crippen molar-refractivity contribution in [1.29, 1.82) is 0 Å². The van der Waals surface area contributed by atoms with Crippen molar-refractivity contribution in [2.75, 3.05) is 13.2 Å². The molecule has 0 radical (unpaired) electrons. The van der Waals surface area contributed by atoms with E-state index < -0.39 is 0 Å². The molecule has 0 amide bonds. The number of rotatable bonds is 9. The molecule has 0 aromatic heterocycles. The Balaban J connectivity index is 2.31. The molecule has 0 spiro atoms. The number of hydrogen-bond donors (Lipinski definition) is 2. The molecule has 0 saturated carbocycles. The summed E-state index contributed by atoms with van der Waals surface area (Å²) in [4.78, 5) is 0. The third-order valence-electron chi connectivity index (χ3n) is 2.86. The molecule has 2 N–H and O–H groups in total. The molecule has 0 aliphatic heterocycles. The summed E-state index contributed by atoms with van der Waals surface area (Å²) in [6, 6.07) is 5.52. The molecule has 0 atom stereocenters. The average molecular weight is 251 g/mol. The summed E-state index contributed by atoms with van der Waals surface area (Å²) in [7, 11) is 0. The molecule has 1 aromatic carbocycles. The van der Waals surface area contributed by atoms with Gasteiger partial charge >= 0.3 is 0 Å². The van der Waals surface area contributed by atoms with Crippen LogP contribution in [-0.4, -0.2) is 18.3 Å². The van der Waals surface area contributed by atoms with Gasteiger partial charge in [-0.3, -0.25) is 0 Å². The highest BCUT2D eigenvalue weighted by molar-refractivity contribution is 5.41. The van der Waals surface area contributed by atoms with Gasteiger partial charge in [0.25, 0.3) is 0 Å². The maximum absolute atomic E-state index is 9.59. The standard InChI is InChI=1S/C15H25NO2/c1-3-5-6-7-10-16-12-13-8-9-14(17)15(11-13)18-4-2/h8-9,11,16-17H,3-7,10,12H2,1-2H3. The number of unbranched alkanes of at least 4 members (excludes halogenated alkanes) is 3. The zero-order valence-corrected chi connectivity index (χ0v) is 11.5. The Hall–Kier alpha value is -1.22. The van der Waals surface area contributed by atoms with Crippen LogP contribution in [0.15, 0.2) is 18.2 Å². The summed E-state index contributed by atoms with van der Waals surface area (Å²) in [5.41, 5.74) is 1.15. The molecule has 0 bridgehead atoms. The second-order valence-corrected chi connectivity index (χ2v) is 4.47. The first-order chi connectivity index (χ1) is 8.77. The molecule has 0 saturated heterocycles. The molecule has 0 aliphatic rings. The lowest BCUT2D eigenvalue weighted by molar-refractivity contribution is 0.317. The van der Waals surface area contributed by atoms with Crippen LogP contribution >= 0.6 is 0 Å². The number of phenols is 1. The van der Waals surface area contributed by atoms with Gasteiger partial charge in [0.2, 0.25) is 0 Å². The van der Waals surface area contributed by atoms with E-state index in [1.54, 1.807) is 6.07 Å². The van der Waals surface area contributed by atoms with E-state index in [2.05, 4.69) is 12.2 Å². The SMILES string of the molecule is CCCCCCNCc1ccc(O)c(OCC)c1. The summed E-state index contributed by atoms with van der Waals surface area (Å²) >= 11 is 0. The van der Waals surface area contributed by atoms with E-state index in [0.29, 0.717) is 12.4 Å². The van der Waals surface area contributed by atoms with Crippen molar-refractivity contribution in [2.45, 2.75) is 46.1 Å². The van der Waals surface area contributed by atoms with Crippen LogP contribution in [0.5, 0.6) is 11.5 Å². The van der Waals surface area contributed by atoms with Crippen molar-refractivity contribution >= 4 is 0 Å². The molecule has 3 nitrogen and oxygen atoms in total. The van der Waals surface area contributed by atoms with Crippen LogP contribution in [-0.2, 0) is 6.54 Å². The zero-order valence-electron chi connectivity index (χ0n) is 11.5. The number of ether oxygens (including phenoxy) is 1. The smallest absolute Gasteiger partial charge is 0.161 e. The van der Waals surface area contributed by atoms with Gasteiger partial charge in [-0.05, 0) is 37.6 Å². The fourth-order valence-electron chi connectivity index (χ4n) is 1.85. The molecule has 0 heterocycles. The quantitative estimate of drug-likeness (QED) is 0.660. The lowest BCUT2D eigenvalue weighted by Gasteiger charge is -2.09. The van der Waals surface area contributed by atoms with Crippen molar-refractivity contribution in [2.24, 2.45) is 0 Å². The number of benzene rings is 1. The minimum absolute atomic E-state index is 0.212. The van der Waals surface area contributed by atoms with E-state index in [9.17, 15) is 5.11 Å². The maximum atomic E-state index is 9.59. The van der Waals surface area contributed by atoms with Crippen LogP contribution < -0.4 is 10.1 Å². The Kier molecular flexibility index (Phi) is 7.26. The van der Waals surface area contributed by atoms with Gasteiger partial charge in [-0.25, -0.2) is 0 Å². The molecule has 0 aliphatic carbocycles. The molecule has 1 aromatic rings. The Bertz CT molecular complexity index is 339. The minimum atomic E-state index is 0.212. The number of nitrogens with one attached hydrogen (secondary N) is 1. The lowest BCUT2D eigenvalue weighted by atomic mass is 10.2. The van der Waals surface area contributed by atoms with Gasteiger partial charge in [0, 0.05) is 6.54 Å². The van der Waals surface area contributed by atoms with Gasteiger partial charge < -0.3 is 15.2 Å². The first kappa shape index (κ1) is 14.8. The Morgan fingerprint density at radius 2 is 2.00 bits per heavy atom. The molecule has 0 unspecified atom stereocenters. The highest BCUT2D eigenvalue weighted by atomic mass is 16.5. The Labute approximate surface area is 110 Å². The largest absolute Gasteiger partial charge is 0.504 e. The average Bonchev–Trinajstić information content (AvgIpc) is 2.37. The first-order valence-corrected chi connectivity index (χ1v) is 6.93. The van der Waals surface area contributed by atoms with Crippen molar-refractivity contribution in [3.63, 3.8) is 0 Å². The first-order valence-electron chi connectivity index (χ1n) is 6.93. The highest BCUT2D eigenvalue weighted by Crippen LogP contribution is 2.26. The third-order valence-corrected chi connectivity index (χ3v) is 2.86. The molecular weight excluding hydrogens is 226 g/mol. The summed E-state index contributed by atoms with van der Waals surface area (Å²) < 4.78 is 5.36. The van der Waals surface area contributed by atoms with Crippen molar-refractivity contribution in [3.8, 4) is 11.5 Å². The van der Waals surface area contributed by atoms with Gasteiger partial charge in [-0.15, -0.1) is 0 Å². The number of hydrogen-bond acceptors (Lipinski definition) is 3. The molecule has 102 valence electrons. The van der Waals surface area contributed by atoms with E-state index >= 15 is 0 Å². The third kappa shape index (κ3) is 5.41. The van der Waals surface area contributed by atoms with Crippen LogP contribution in [0.3, 0.4) is 0 Å². The monoisotopic (exact) mass is 251 g/mol. The van der Waals surface area contributed by atoms with Crippen LogP contribution in [0.25, 0.3) is 0 Å². The Morgan fingerprint density at radius 1 is 1.17 bits per heavy atom.